The van der Waals surface area contributed by atoms with E-state index in [1.54, 1.807) is 35.9 Å². The molecule has 1 aliphatic heterocycles. The first-order valence-corrected chi connectivity index (χ1v) is 12.8. The molecular formula is C22H22ClN3O3S2. The summed E-state index contributed by atoms with van der Waals surface area (Å²) >= 11 is 7.50. The van der Waals surface area contributed by atoms with Crippen LogP contribution in [-0.4, -0.2) is 29.5 Å². The summed E-state index contributed by atoms with van der Waals surface area (Å²) in [6.07, 6.45) is 0.940. The Morgan fingerprint density at radius 1 is 1.10 bits per heavy atom. The van der Waals surface area contributed by atoms with Crippen LogP contribution in [-0.2, 0) is 23.6 Å². The summed E-state index contributed by atoms with van der Waals surface area (Å²) in [4.78, 5) is 18.1. The lowest BCUT2D eigenvalue weighted by molar-refractivity contribution is 0.0976. The summed E-state index contributed by atoms with van der Waals surface area (Å²) in [5.41, 5.74) is 1.51. The lowest BCUT2D eigenvalue weighted by Crippen LogP contribution is -2.43. The maximum atomic E-state index is 13.7. The van der Waals surface area contributed by atoms with Crippen molar-refractivity contribution in [3.63, 3.8) is 0 Å². The summed E-state index contributed by atoms with van der Waals surface area (Å²) in [5, 5.41) is -0.240. The van der Waals surface area contributed by atoms with E-state index in [1.807, 2.05) is 30.3 Å². The molecule has 0 radical (unpaired) electrons. The molecule has 1 aliphatic rings. The van der Waals surface area contributed by atoms with Gasteiger partial charge >= 0.3 is 0 Å². The molecule has 0 fully saturated rings. The Morgan fingerprint density at radius 2 is 1.77 bits per heavy atom. The van der Waals surface area contributed by atoms with E-state index in [9.17, 15) is 13.2 Å². The minimum absolute atomic E-state index is 0.0996. The molecule has 1 aromatic heterocycles. The number of carbonyl (C=O) groups is 1. The van der Waals surface area contributed by atoms with Gasteiger partial charge in [-0.15, -0.1) is 0 Å². The minimum Gasteiger partial charge on any atom is -0.318 e. The van der Waals surface area contributed by atoms with E-state index in [4.69, 9.17) is 11.6 Å². The Morgan fingerprint density at radius 3 is 2.42 bits per heavy atom. The predicted octanol–water partition coefficient (Wildman–Crippen LogP) is 4.85. The molecule has 0 bridgehead atoms. The molecular weight excluding hydrogens is 454 g/mol. The average molecular weight is 476 g/mol. The van der Waals surface area contributed by atoms with Crippen molar-refractivity contribution in [2.45, 2.75) is 30.3 Å². The molecule has 9 heteroatoms. The average Bonchev–Trinajstić information content (AvgIpc) is 3.08. The summed E-state index contributed by atoms with van der Waals surface area (Å²) in [5.74, 6) is 0.546. The number of nitrogens with zero attached hydrogens (tertiary/aromatic N) is 3. The van der Waals surface area contributed by atoms with Crippen molar-refractivity contribution in [3.8, 4) is 0 Å². The molecule has 0 saturated carbocycles. The van der Waals surface area contributed by atoms with Crippen molar-refractivity contribution in [3.05, 3.63) is 76.4 Å². The summed E-state index contributed by atoms with van der Waals surface area (Å²) in [7, 11) is -2.30. The smallest absolute Gasteiger partial charge is 0.251 e. The number of sulfonamides is 1. The second-order valence-electron chi connectivity index (χ2n) is 7.31. The molecule has 1 unspecified atom stereocenters. The molecule has 3 aromatic rings. The van der Waals surface area contributed by atoms with Crippen molar-refractivity contribution in [2.24, 2.45) is 7.05 Å². The number of hydrogen-bond acceptors (Lipinski definition) is 5. The Labute approximate surface area is 191 Å². The number of benzene rings is 2. The maximum Gasteiger partial charge on any atom is 0.251 e. The van der Waals surface area contributed by atoms with Gasteiger partial charge in [-0.3, -0.25) is 4.79 Å². The monoisotopic (exact) mass is 475 g/mol. The largest absolute Gasteiger partial charge is 0.318 e. The van der Waals surface area contributed by atoms with Crippen LogP contribution in [0, 0.1) is 0 Å². The summed E-state index contributed by atoms with van der Waals surface area (Å²) in [6.45, 7) is 2.16. The minimum atomic E-state index is -4.06. The van der Waals surface area contributed by atoms with Gasteiger partial charge in [0, 0.05) is 17.8 Å². The topological polar surface area (TPSA) is 72.3 Å². The number of imidazole rings is 1. The van der Waals surface area contributed by atoms with Crippen molar-refractivity contribution < 1.29 is 13.2 Å². The van der Waals surface area contributed by atoms with Crippen LogP contribution in [0.2, 0.25) is 5.02 Å². The van der Waals surface area contributed by atoms with Crippen LogP contribution in [0.1, 0.15) is 40.2 Å². The molecule has 0 saturated heterocycles. The van der Waals surface area contributed by atoms with Crippen LogP contribution in [0.5, 0.6) is 0 Å². The first-order chi connectivity index (χ1) is 14.8. The van der Waals surface area contributed by atoms with Crippen molar-refractivity contribution >= 4 is 45.0 Å². The Hall–Kier alpha value is -2.29. The number of Topliss-reactive ketones (excluding diaryl/α,β-unsaturated/α-hetero) is 1. The van der Waals surface area contributed by atoms with E-state index in [-0.39, 0.29) is 12.4 Å². The van der Waals surface area contributed by atoms with Crippen molar-refractivity contribution in [2.75, 3.05) is 10.1 Å². The highest BCUT2D eigenvalue weighted by Crippen LogP contribution is 2.42. The number of ketones is 1. The zero-order valence-corrected chi connectivity index (χ0v) is 19.5. The Bertz CT molecular complexity index is 1210. The molecule has 0 spiro atoms. The second-order valence-corrected chi connectivity index (χ2v) is 10.7. The van der Waals surface area contributed by atoms with E-state index < -0.39 is 21.1 Å². The third-order valence-electron chi connectivity index (χ3n) is 5.13. The molecule has 1 atom stereocenters. The number of fused-ring (bicyclic) bond motifs is 1. The maximum absolute atomic E-state index is 13.7. The molecule has 4 rings (SSSR count). The van der Waals surface area contributed by atoms with Gasteiger partial charge < -0.3 is 4.57 Å². The quantitative estimate of drug-likeness (QED) is 0.476. The highest BCUT2D eigenvalue weighted by molar-refractivity contribution is 7.99. The number of hydrogen-bond donors (Lipinski definition) is 0. The summed E-state index contributed by atoms with van der Waals surface area (Å²) < 4.78 is 30.4. The van der Waals surface area contributed by atoms with Crippen LogP contribution in [0.4, 0.5) is 5.82 Å². The second kappa shape index (κ2) is 8.68. The fraction of sp³-hybridized carbons (Fsp3) is 0.273. The van der Waals surface area contributed by atoms with Gasteiger partial charge in [-0.2, -0.15) is 0 Å². The number of thioether (sulfide) groups is 1. The number of anilines is 1. The van der Waals surface area contributed by atoms with Gasteiger partial charge in [0.15, 0.2) is 16.2 Å². The zero-order valence-electron chi connectivity index (χ0n) is 17.2. The molecule has 6 nitrogen and oxygen atoms in total. The first kappa shape index (κ1) is 21.9. The van der Waals surface area contributed by atoms with E-state index in [0.717, 1.165) is 17.7 Å². The number of halogens is 1. The van der Waals surface area contributed by atoms with Gasteiger partial charge in [-0.25, -0.2) is 17.7 Å². The SMILES string of the molecule is CCCSc1nc2c(n1C)C(=O)C(c1ccc(Cl)cc1)S(=O)(=O)N2Cc1ccccc1. The highest BCUT2D eigenvalue weighted by Gasteiger charge is 2.48. The van der Waals surface area contributed by atoms with Crippen LogP contribution in [0.25, 0.3) is 0 Å². The van der Waals surface area contributed by atoms with Crippen molar-refractivity contribution in [1.29, 1.82) is 0 Å². The third-order valence-corrected chi connectivity index (χ3v) is 8.61. The van der Waals surface area contributed by atoms with E-state index >= 15 is 0 Å². The van der Waals surface area contributed by atoms with E-state index in [0.29, 0.717) is 21.4 Å². The zero-order chi connectivity index (χ0) is 22.2. The molecule has 0 amide bonds. The van der Waals surface area contributed by atoms with Gasteiger partial charge in [-0.1, -0.05) is 72.8 Å². The van der Waals surface area contributed by atoms with Crippen molar-refractivity contribution in [1.82, 2.24) is 9.55 Å². The van der Waals surface area contributed by atoms with E-state index in [1.165, 1.54) is 16.1 Å². The van der Waals surface area contributed by atoms with Gasteiger partial charge in [-0.05, 0) is 29.7 Å². The fourth-order valence-corrected chi connectivity index (χ4v) is 6.40. The molecule has 162 valence electrons. The highest BCUT2D eigenvalue weighted by atomic mass is 35.5. The normalized spacial score (nSPS) is 17.6. The fourth-order valence-electron chi connectivity index (χ4n) is 3.62. The first-order valence-electron chi connectivity index (χ1n) is 9.89. The Kier molecular flexibility index (Phi) is 6.14. The third kappa shape index (κ3) is 4.00. The van der Waals surface area contributed by atoms with E-state index in [2.05, 4.69) is 11.9 Å². The number of rotatable bonds is 6. The Balaban J connectivity index is 1.89. The molecule has 0 aliphatic carbocycles. The van der Waals surface area contributed by atoms with Crippen LogP contribution >= 0.6 is 23.4 Å². The predicted molar refractivity (Wildman–Crippen MR) is 124 cm³/mol. The number of carbonyl (C=O) groups excluding carboxylic acids is 1. The lowest BCUT2D eigenvalue weighted by Gasteiger charge is -2.32. The van der Waals surface area contributed by atoms with Gasteiger partial charge in [0.05, 0.1) is 6.54 Å². The van der Waals surface area contributed by atoms with Crippen LogP contribution < -0.4 is 4.31 Å². The molecule has 2 aromatic carbocycles. The molecule has 31 heavy (non-hydrogen) atoms. The molecule has 2 heterocycles. The van der Waals surface area contributed by atoms with Gasteiger partial charge in [0.25, 0.3) is 10.0 Å². The van der Waals surface area contributed by atoms with Crippen LogP contribution in [0.15, 0.2) is 59.8 Å². The standard InChI is InChI=1S/C22H22ClN3O3S2/c1-3-13-30-22-24-21-18(25(22)2)19(27)20(16-9-11-17(23)12-10-16)31(28,29)26(21)14-15-7-5-4-6-8-15/h4-12,20H,3,13-14H2,1-2H3. The number of aromatic nitrogens is 2. The van der Waals surface area contributed by atoms with Crippen LogP contribution in [0.3, 0.4) is 0 Å². The van der Waals surface area contributed by atoms with Gasteiger partial charge in [0.1, 0.15) is 5.69 Å². The summed E-state index contributed by atoms with van der Waals surface area (Å²) in [6, 6.07) is 15.7. The lowest BCUT2D eigenvalue weighted by atomic mass is 10.1. The van der Waals surface area contributed by atoms with Gasteiger partial charge in [0.2, 0.25) is 5.78 Å². The molecule has 0 N–H and O–H groups in total.